The van der Waals surface area contributed by atoms with Crippen LogP contribution in [0.15, 0.2) is 12.1 Å². The molecular weight excluding hydrogens is 242 g/mol. The summed E-state index contributed by atoms with van der Waals surface area (Å²) in [7, 11) is 0. The van der Waals surface area contributed by atoms with Crippen LogP contribution in [0.5, 0.6) is 5.75 Å². The van der Waals surface area contributed by atoms with Gasteiger partial charge in [-0.05, 0) is 29.0 Å². The third-order valence-corrected chi connectivity index (χ3v) is 2.94. The van der Waals surface area contributed by atoms with E-state index in [1.807, 2.05) is 33.8 Å². The molecule has 0 aliphatic heterocycles. The third-order valence-electron chi connectivity index (χ3n) is 2.94. The first-order chi connectivity index (χ1) is 8.88. The fourth-order valence-corrected chi connectivity index (χ4v) is 1.78. The van der Waals surface area contributed by atoms with E-state index in [1.165, 1.54) is 0 Å². The Morgan fingerprint density at radius 1 is 1.32 bits per heavy atom. The maximum atomic E-state index is 11.8. The zero-order chi connectivity index (χ0) is 14.6. The maximum Gasteiger partial charge on any atom is 0.342 e. The average Bonchev–Trinajstić information content (AvgIpc) is 2.35. The second kappa shape index (κ2) is 6.24. The van der Waals surface area contributed by atoms with Crippen LogP contribution in [0, 0.1) is 11.3 Å². The molecule has 0 saturated heterocycles. The lowest BCUT2D eigenvalue weighted by Crippen LogP contribution is -2.08. The van der Waals surface area contributed by atoms with Gasteiger partial charge < -0.3 is 9.84 Å². The van der Waals surface area contributed by atoms with Gasteiger partial charge in [-0.2, -0.15) is 5.26 Å². The first kappa shape index (κ1) is 15.0. The number of nitrogens with zero attached hydrogens (tertiary/aromatic N) is 1. The van der Waals surface area contributed by atoms with E-state index in [9.17, 15) is 9.90 Å². The molecule has 1 aromatic rings. The summed E-state index contributed by atoms with van der Waals surface area (Å²) >= 11 is 0. The smallest absolute Gasteiger partial charge is 0.342 e. The van der Waals surface area contributed by atoms with Gasteiger partial charge in [-0.25, -0.2) is 4.79 Å². The fourth-order valence-electron chi connectivity index (χ4n) is 1.78. The lowest BCUT2D eigenvalue weighted by Gasteiger charge is -2.16. The van der Waals surface area contributed by atoms with Crippen LogP contribution in [0.4, 0.5) is 0 Å². The Balaban J connectivity index is 3.30. The zero-order valence-corrected chi connectivity index (χ0v) is 11.7. The minimum absolute atomic E-state index is 0.0534. The van der Waals surface area contributed by atoms with E-state index in [-0.39, 0.29) is 29.8 Å². The fraction of sp³-hybridized carbons (Fsp3) is 0.467. The summed E-state index contributed by atoms with van der Waals surface area (Å²) in [6.07, 6.45) is 0. The molecular formula is C15H19NO3. The minimum atomic E-state index is -0.663. The molecule has 4 nitrogen and oxygen atoms in total. The summed E-state index contributed by atoms with van der Waals surface area (Å²) in [6, 6.07) is 5.28. The molecule has 0 radical (unpaired) electrons. The number of rotatable bonds is 4. The summed E-state index contributed by atoms with van der Waals surface area (Å²) in [5, 5.41) is 18.6. The molecule has 0 bridgehead atoms. The number of hydrogen-bond donors (Lipinski definition) is 1. The van der Waals surface area contributed by atoms with Gasteiger partial charge in [0.2, 0.25) is 0 Å². The van der Waals surface area contributed by atoms with E-state index in [0.29, 0.717) is 0 Å². The number of aromatic hydroxyl groups is 1. The predicted molar refractivity (Wildman–Crippen MR) is 72.2 cm³/mol. The molecule has 0 saturated carbocycles. The van der Waals surface area contributed by atoms with Gasteiger partial charge in [-0.1, -0.05) is 33.8 Å². The molecule has 0 fully saturated rings. The standard InChI is InChI=1S/C15H19NO3/c1-9(2)11-7-12(10(3)4)14(17)13(8-11)15(18)19-6-5-16/h7-10,17H,6H2,1-4H3. The molecule has 0 unspecified atom stereocenters. The second-order valence-corrected chi connectivity index (χ2v) is 5.05. The Bertz CT molecular complexity index is 513. The van der Waals surface area contributed by atoms with Crippen LogP contribution in [-0.2, 0) is 4.74 Å². The highest BCUT2D eigenvalue weighted by Gasteiger charge is 2.20. The number of ether oxygens (including phenoxy) is 1. The lowest BCUT2D eigenvalue weighted by molar-refractivity contribution is 0.0551. The van der Waals surface area contributed by atoms with Crippen LogP contribution in [0.1, 0.15) is 61.0 Å². The van der Waals surface area contributed by atoms with Gasteiger partial charge in [0.05, 0.1) is 0 Å². The Kier molecular flexibility index (Phi) is 4.94. The van der Waals surface area contributed by atoms with Crippen molar-refractivity contribution in [3.05, 3.63) is 28.8 Å². The molecule has 102 valence electrons. The van der Waals surface area contributed by atoms with Crippen molar-refractivity contribution in [3.63, 3.8) is 0 Å². The van der Waals surface area contributed by atoms with Crippen LogP contribution in [0.3, 0.4) is 0 Å². The van der Waals surface area contributed by atoms with Crippen molar-refractivity contribution in [1.82, 2.24) is 0 Å². The topological polar surface area (TPSA) is 70.3 Å². The lowest BCUT2D eigenvalue weighted by atomic mass is 9.92. The van der Waals surface area contributed by atoms with Gasteiger partial charge in [0.15, 0.2) is 6.61 Å². The van der Waals surface area contributed by atoms with Crippen molar-refractivity contribution in [3.8, 4) is 11.8 Å². The van der Waals surface area contributed by atoms with Crippen LogP contribution in [0.25, 0.3) is 0 Å². The third kappa shape index (κ3) is 3.47. The predicted octanol–water partition coefficient (Wildman–Crippen LogP) is 3.32. The van der Waals surface area contributed by atoms with Crippen molar-refractivity contribution in [2.45, 2.75) is 39.5 Å². The molecule has 4 heteroatoms. The number of esters is 1. The second-order valence-electron chi connectivity index (χ2n) is 5.05. The van der Waals surface area contributed by atoms with E-state index in [4.69, 9.17) is 10.00 Å². The van der Waals surface area contributed by atoms with Gasteiger partial charge in [0, 0.05) is 0 Å². The first-order valence-electron chi connectivity index (χ1n) is 6.29. The maximum absolute atomic E-state index is 11.8. The number of phenols is 1. The Morgan fingerprint density at radius 2 is 1.95 bits per heavy atom. The summed E-state index contributed by atoms with van der Waals surface area (Å²) in [5.74, 6) is -0.382. The number of carbonyl (C=O) groups excluding carboxylic acids is 1. The average molecular weight is 261 g/mol. The van der Waals surface area contributed by atoms with Crippen LogP contribution in [-0.4, -0.2) is 17.7 Å². The molecule has 0 aliphatic carbocycles. The number of carbonyl (C=O) groups is 1. The highest BCUT2D eigenvalue weighted by atomic mass is 16.5. The summed E-state index contributed by atoms with van der Waals surface area (Å²) in [4.78, 5) is 11.8. The van der Waals surface area contributed by atoms with Crippen LogP contribution >= 0.6 is 0 Å². The molecule has 1 N–H and O–H groups in total. The molecule has 0 spiro atoms. The number of nitriles is 1. The van der Waals surface area contributed by atoms with Crippen molar-refractivity contribution in [2.75, 3.05) is 6.61 Å². The van der Waals surface area contributed by atoms with Gasteiger partial charge in [-0.15, -0.1) is 0 Å². The van der Waals surface area contributed by atoms with E-state index in [0.717, 1.165) is 11.1 Å². The molecule has 1 rings (SSSR count). The molecule has 0 amide bonds. The molecule has 0 aromatic heterocycles. The number of phenolic OH excluding ortho intramolecular Hbond substituents is 1. The summed E-state index contributed by atoms with van der Waals surface area (Å²) in [6.45, 7) is 7.61. The molecule has 0 atom stereocenters. The van der Waals surface area contributed by atoms with Gasteiger partial charge in [-0.3, -0.25) is 0 Å². The van der Waals surface area contributed by atoms with Crippen molar-refractivity contribution in [1.29, 1.82) is 5.26 Å². The molecule has 0 heterocycles. The van der Waals surface area contributed by atoms with Crippen LogP contribution < -0.4 is 0 Å². The number of hydrogen-bond acceptors (Lipinski definition) is 4. The largest absolute Gasteiger partial charge is 0.507 e. The summed E-state index contributed by atoms with van der Waals surface area (Å²) in [5.41, 5.74) is 1.81. The highest BCUT2D eigenvalue weighted by Crippen LogP contribution is 2.33. The van der Waals surface area contributed by atoms with Crippen LogP contribution in [0.2, 0.25) is 0 Å². The van der Waals surface area contributed by atoms with Crippen molar-refractivity contribution in [2.24, 2.45) is 0 Å². The Morgan fingerprint density at radius 3 is 2.42 bits per heavy atom. The van der Waals surface area contributed by atoms with E-state index >= 15 is 0 Å². The Hall–Kier alpha value is -2.02. The van der Waals surface area contributed by atoms with E-state index in [1.54, 1.807) is 12.1 Å². The summed E-state index contributed by atoms with van der Waals surface area (Å²) < 4.78 is 4.77. The van der Waals surface area contributed by atoms with E-state index < -0.39 is 5.97 Å². The van der Waals surface area contributed by atoms with Crippen molar-refractivity contribution < 1.29 is 14.6 Å². The van der Waals surface area contributed by atoms with Gasteiger partial charge in [0.25, 0.3) is 0 Å². The van der Waals surface area contributed by atoms with Gasteiger partial charge in [0.1, 0.15) is 17.4 Å². The molecule has 19 heavy (non-hydrogen) atoms. The highest BCUT2D eigenvalue weighted by molar-refractivity contribution is 5.93. The normalized spacial score (nSPS) is 10.6. The number of benzene rings is 1. The zero-order valence-electron chi connectivity index (χ0n) is 11.7. The Labute approximate surface area is 113 Å². The SMILES string of the molecule is CC(C)c1cc(C(=O)OCC#N)c(O)c(C(C)C)c1. The van der Waals surface area contributed by atoms with Gasteiger partial charge >= 0.3 is 5.97 Å². The van der Waals surface area contributed by atoms with E-state index in [2.05, 4.69) is 0 Å². The minimum Gasteiger partial charge on any atom is -0.507 e. The molecule has 0 aliphatic rings. The monoisotopic (exact) mass is 261 g/mol. The van der Waals surface area contributed by atoms with Crippen molar-refractivity contribution >= 4 is 5.97 Å². The first-order valence-corrected chi connectivity index (χ1v) is 6.29. The quantitative estimate of drug-likeness (QED) is 0.844. The molecule has 1 aromatic carbocycles.